The Kier molecular flexibility index (Phi) is 5.22. The van der Waals surface area contributed by atoms with Crippen LogP contribution in [0.2, 0.25) is 0 Å². The summed E-state index contributed by atoms with van der Waals surface area (Å²) in [4.78, 5) is 12.0. The van der Waals surface area contributed by atoms with Crippen molar-refractivity contribution in [1.29, 1.82) is 0 Å². The highest BCUT2D eigenvalue weighted by Crippen LogP contribution is 2.36. The Morgan fingerprint density at radius 2 is 2.19 bits per heavy atom. The van der Waals surface area contributed by atoms with Crippen LogP contribution in [0.15, 0.2) is 0 Å². The van der Waals surface area contributed by atoms with Crippen LogP contribution in [0.1, 0.15) is 39.0 Å². The average molecular weight is 229 g/mol. The van der Waals surface area contributed by atoms with E-state index in [1.165, 1.54) is 0 Å². The van der Waals surface area contributed by atoms with Gasteiger partial charge in [0.15, 0.2) is 0 Å². The van der Waals surface area contributed by atoms with E-state index in [4.69, 9.17) is 15.2 Å². The molecule has 2 unspecified atom stereocenters. The monoisotopic (exact) mass is 229 g/mol. The maximum atomic E-state index is 12.0. The fourth-order valence-electron chi connectivity index (χ4n) is 2.15. The van der Waals surface area contributed by atoms with E-state index in [0.29, 0.717) is 13.2 Å². The highest BCUT2D eigenvalue weighted by Gasteiger charge is 2.42. The second-order valence-corrected chi connectivity index (χ2v) is 4.75. The number of methoxy groups -OCH3 is 1. The third kappa shape index (κ3) is 3.19. The van der Waals surface area contributed by atoms with E-state index in [0.717, 1.165) is 32.1 Å². The van der Waals surface area contributed by atoms with Gasteiger partial charge in [-0.3, -0.25) is 4.79 Å². The number of esters is 1. The minimum atomic E-state index is -0.481. The van der Waals surface area contributed by atoms with Crippen molar-refractivity contribution in [2.45, 2.75) is 45.1 Å². The quantitative estimate of drug-likeness (QED) is 0.573. The molecule has 16 heavy (non-hydrogen) atoms. The molecule has 0 heterocycles. The Bertz CT molecular complexity index is 232. The molecular formula is C12H23NO3. The van der Waals surface area contributed by atoms with E-state index >= 15 is 0 Å². The van der Waals surface area contributed by atoms with Crippen molar-refractivity contribution in [3.8, 4) is 0 Å². The fraction of sp³-hybridized carbons (Fsp3) is 0.917. The predicted octanol–water partition coefficient (Wildman–Crippen LogP) is 1.47. The summed E-state index contributed by atoms with van der Waals surface area (Å²) in [5, 5.41) is 0. The molecule has 0 aromatic carbocycles. The minimum absolute atomic E-state index is 0.0591. The summed E-state index contributed by atoms with van der Waals surface area (Å²) in [6.07, 6.45) is 4.69. The Morgan fingerprint density at radius 1 is 1.44 bits per heavy atom. The maximum absolute atomic E-state index is 12.0. The van der Waals surface area contributed by atoms with E-state index in [1.807, 2.05) is 6.92 Å². The Hall–Kier alpha value is -0.610. The largest absolute Gasteiger partial charge is 0.465 e. The van der Waals surface area contributed by atoms with E-state index in [9.17, 15) is 4.79 Å². The molecule has 0 bridgehead atoms. The van der Waals surface area contributed by atoms with Gasteiger partial charge in [0.25, 0.3) is 0 Å². The van der Waals surface area contributed by atoms with Gasteiger partial charge >= 0.3 is 5.97 Å². The van der Waals surface area contributed by atoms with Crippen LogP contribution >= 0.6 is 0 Å². The van der Waals surface area contributed by atoms with E-state index in [1.54, 1.807) is 7.11 Å². The zero-order chi connectivity index (χ0) is 12.0. The van der Waals surface area contributed by atoms with Crippen molar-refractivity contribution in [1.82, 2.24) is 0 Å². The first-order valence-corrected chi connectivity index (χ1v) is 6.03. The second-order valence-electron chi connectivity index (χ2n) is 4.75. The number of rotatable bonds is 5. The first-order valence-electron chi connectivity index (χ1n) is 6.03. The first kappa shape index (κ1) is 13.5. The van der Waals surface area contributed by atoms with Crippen LogP contribution in [0.3, 0.4) is 0 Å². The topological polar surface area (TPSA) is 61.5 Å². The van der Waals surface area contributed by atoms with Crippen LogP contribution in [0.4, 0.5) is 0 Å². The van der Waals surface area contributed by atoms with Crippen LogP contribution in [-0.4, -0.2) is 32.3 Å². The SMILES string of the molecule is COCCCOC(=O)C1(C)CCCCC1N. The average Bonchev–Trinajstić information content (AvgIpc) is 2.28. The van der Waals surface area contributed by atoms with Gasteiger partial charge in [-0.2, -0.15) is 0 Å². The molecule has 1 rings (SSSR count). The molecule has 0 aromatic heterocycles. The van der Waals surface area contributed by atoms with Crippen LogP contribution in [0, 0.1) is 5.41 Å². The molecule has 0 radical (unpaired) electrons. The predicted molar refractivity (Wildman–Crippen MR) is 62.0 cm³/mol. The van der Waals surface area contributed by atoms with Crippen LogP contribution in [0.5, 0.6) is 0 Å². The van der Waals surface area contributed by atoms with Crippen molar-refractivity contribution in [3.63, 3.8) is 0 Å². The van der Waals surface area contributed by atoms with E-state index in [-0.39, 0.29) is 12.0 Å². The van der Waals surface area contributed by atoms with Gasteiger partial charge in [-0.25, -0.2) is 0 Å². The third-order valence-electron chi connectivity index (χ3n) is 3.47. The van der Waals surface area contributed by atoms with Gasteiger partial charge in [-0.15, -0.1) is 0 Å². The molecular weight excluding hydrogens is 206 g/mol. The zero-order valence-corrected chi connectivity index (χ0v) is 10.3. The van der Waals surface area contributed by atoms with Gasteiger partial charge in [0.05, 0.1) is 12.0 Å². The van der Waals surface area contributed by atoms with Gasteiger partial charge in [0.1, 0.15) is 0 Å². The van der Waals surface area contributed by atoms with Gasteiger partial charge in [0.2, 0.25) is 0 Å². The summed E-state index contributed by atoms with van der Waals surface area (Å²) in [5.74, 6) is -0.143. The van der Waals surface area contributed by atoms with Gasteiger partial charge in [-0.1, -0.05) is 12.8 Å². The molecule has 1 fully saturated rings. The standard InChI is InChI=1S/C12H23NO3/c1-12(7-4-3-6-10(12)13)11(14)16-9-5-8-15-2/h10H,3-9,13H2,1-2H3. The summed E-state index contributed by atoms with van der Waals surface area (Å²) < 4.78 is 10.2. The van der Waals surface area contributed by atoms with Crippen molar-refractivity contribution in [2.24, 2.45) is 11.1 Å². The third-order valence-corrected chi connectivity index (χ3v) is 3.47. The zero-order valence-electron chi connectivity index (χ0n) is 10.3. The normalized spacial score (nSPS) is 30.1. The second kappa shape index (κ2) is 6.21. The number of ether oxygens (including phenoxy) is 2. The first-order chi connectivity index (χ1) is 7.61. The number of carbonyl (C=O) groups is 1. The molecule has 0 saturated heterocycles. The van der Waals surface area contributed by atoms with E-state index < -0.39 is 5.41 Å². The van der Waals surface area contributed by atoms with Gasteiger partial charge < -0.3 is 15.2 Å². The van der Waals surface area contributed by atoms with Gasteiger partial charge in [-0.05, 0) is 19.8 Å². The fourth-order valence-corrected chi connectivity index (χ4v) is 2.15. The molecule has 94 valence electrons. The summed E-state index contributed by atoms with van der Waals surface area (Å²) in [7, 11) is 1.64. The molecule has 4 heteroatoms. The van der Waals surface area contributed by atoms with Crippen molar-refractivity contribution >= 4 is 5.97 Å². The molecule has 4 nitrogen and oxygen atoms in total. The highest BCUT2D eigenvalue weighted by atomic mass is 16.5. The minimum Gasteiger partial charge on any atom is -0.465 e. The molecule has 1 aliphatic rings. The lowest BCUT2D eigenvalue weighted by Crippen LogP contribution is -2.48. The van der Waals surface area contributed by atoms with Crippen molar-refractivity contribution in [2.75, 3.05) is 20.3 Å². The molecule has 0 aromatic rings. The number of hydrogen-bond acceptors (Lipinski definition) is 4. The Labute approximate surface area is 97.5 Å². The maximum Gasteiger partial charge on any atom is 0.313 e. The molecule has 2 N–H and O–H groups in total. The summed E-state index contributed by atoms with van der Waals surface area (Å²) in [6, 6.07) is -0.0591. The molecule has 1 aliphatic carbocycles. The molecule has 0 amide bonds. The number of hydrogen-bond donors (Lipinski definition) is 1. The summed E-state index contributed by atoms with van der Waals surface area (Å²) in [6.45, 7) is 2.97. The van der Waals surface area contributed by atoms with E-state index in [2.05, 4.69) is 0 Å². The summed E-state index contributed by atoms with van der Waals surface area (Å²) >= 11 is 0. The molecule has 1 saturated carbocycles. The lowest BCUT2D eigenvalue weighted by atomic mass is 9.72. The summed E-state index contributed by atoms with van der Waals surface area (Å²) in [5.41, 5.74) is 5.54. The van der Waals surface area contributed by atoms with Crippen molar-refractivity contribution in [3.05, 3.63) is 0 Å². The molecule has 0 spiro atoms. The molecule has 0 aliphatic heterocycles. The Morgan fingerprint density at radius 3 is 2.81 bits per heavy atom. The van der Waals surface area contributed by atoms with Crippen LogP contribution in [0.25, 0.3) is 0 Å². The number of nitrogens with two attached hydrogens (primary N) is 1. The Balaban J connectivity index is 2.38. The smallest absolute Gasteiger partial charge is 0.313 e. The van der Waals surface area contributed by atoms with Crippen LogP contribution in [-0.2, 0) is 14.3 Å². The lowest BCUT2D eigenvalue weighted by molar-refractivity contribution is -0.158. The highest BCUT2D eigenvalue weighted by molar-refractivity contribution is 5.77. The molecule has 2 atom stereocenters. The lowest BCUT2D eigenvalue weighted by Gasteiger charge is -2.36. The van der Waals surface area contributed by atoms with Crippen LogP contribution < -0.4 is 5.73 Å². The van der Waals surface area contributed by atoms with Crippen molar-refractivity contribution < 1.29 is 14.3 Å². The van der Waals surface area contributed by atoms with Gasteiger partial charge in [0, 0.05) is 26.2 Å². The number of carbonyl (C=O) groups excluding carboxylic acids is 1.